The lowest BCUT2D eigenvalue weighted by molar-refractivity contribution is -0.137. The second kappa shape index (κ2) is 20.7. The molecule has 0 amide bonds. The van der Waals surface area contributed by atoms with Crippen molar-refractivity contribution in [1.29, 1.82) is 0 Å². The fourth-order valence-electron chi connectivity index (χ4n) is 0.365. The fourth-order valence-corrected chi connectivity index (χ4v) is 0.365. The van der Waals surface area contributed by atoms with Crippen LogP contribution in [0.15, 0.2) is 12.7 Å². The predicted octanol–water partition coefficient (Wildman–Crippen LogP) is 1.31. The average molecular weight is 261 g/mol. The van der Waals surface area contributed by atoms with E-state index in [9.17, 15) is 14.4 Å². The van der Waals surface area contributed by atoms with Crippen LogP contribution in [0.25, 0.3) is 0 Å². The molecule has 0 saturated heterocycles. The number of aliphatic carboxylic acids is 2. The number of hydrogen-bond donors (Lipinski definition) is 3. The van der Waals surface area contributed by atoms with Crippen molar-refractivity contribution in [2.45, 2.75) is 33.1 Å². The van der Waals surface area contributed by atoms with Crippen LogP contribution in [-0.4, -0.2) is 41.5 Å². The third-order valence-electron chi connectivity index (χ3n) is 1.33. The summed E-state index contributed by atoms with van der Waals surface area (Å²) < 4.78 is 0. The zero-order chi connectivity index (χ0) is 14.8. The Morgan fingerprint density at radius 2 is 1.56 bits per heavy atom. The van der Waals surface area contributed by atoms with Crippen LogP contribution in [0.2, 0.25) is 0 Å². The van der Waals surface area contributed by atoms with Crippen molar-refractivity contribution in [3.63, 3.8) is 0 Å². The Morgan fingerprint density at radius 1 is 1.17 bits per heavy atom. The van der Waals surface area contributed by atoms with Crippen molar-refractivity contribution in [2.24, 2.45) is 0 Å². The lowest BCUT2D eigenvalue weighted by atomic mass is 10.4. The minimum atomic E-state index is -0.745. The third kappa shape index (κ3) is 47.4. The largest absolute Gasteiger partial charge is 0.481 e. The van der Waals surface area contributed by atoms with E-state index in [2.05, 4.69) is 11.9 Å². The van der Waals surface area contributed by atoms with Gasteiger partial charge in [0.15, 0.2) is 0 Å². The maximum absolute atomic E-state index is 9.70. The van der Waals surface area contributed by atoms with E-state index in [0.717, 1.165) is 19.4 Å². The minimum absolute atomic E-state index is 0.222. The molecule has 0 aromatic carbocycles. The van der Waals surface area contributed by atoms with E-state index in [1.807, 2.05) is 0 Å². The molecule has 0 atom stereocenters. The Bertz CT molecular complexity index is 205. The Hall–Kier alpha value is -1.69. The molecule has 0 fully saturated rings. The molecule has 18 heavy (non-hydrogen) atoms. The zero-order valence-corrected chi connectivity index (χ0v) is 11.0. The standard InChI is InChI=1S/C6H11NO.2C3H6O2/c1-2-4-7-5-3-6-8;2*1-2-3(4)5/h2,6-7H,1,3-5H2;2*2H2,1H3,(H,4,5). The molecule has 0 bridgehead atoms. The number of rotatable bonds is 7. The Morgan fingerprint density at radius 3 is 1.78 bits per heavy atom. The Labute approximate surface area is 108 Å². The molecule has 6 nitrogen and oxygen atoms in total. The van der Waals surface area contributed by atoms with Gasteiger partial charge in [-0.2, -0.15) is 0 Å². The number of aldehydes is 1. The van der Waals surface area contributed by atoms with Gasteiger partial charge in [0.25, 0.3) is 0 Å². The molecule has 0 aliphatic rings. The number of carbonyl (C=O) groups excluding carboxylic acids is 1. The molecular formula is C12H23NO5. The Kier molecular flexibility index (Phi) is 24.8. The average Bonchev–Trinajstić information content (AvgIpc) is 2.36. The van der Waals surface area contributed by atoms with Crippen molar-refractivity contribution < 1.29 is 24.6 Å². The maximum Gasteiger partial charge on any atom is 0.303 e. The molecule has 0 radical (unpaired) electrons. The monoisotopic (exact) mass is 261 g/mol. The summed E-state index contributed by atoms with van der Waals surface area (Å²) in [6.07, 6.45) is 3.70. The van der Waals surface area contributed by atoms with Crippen LogP contribution in [0.3, 0.4) is 0 Å². The van der Waals surface area contributed by atoms with Crippen molar-refractivity contribution in [1.82, 2.24) is 5.32 Å². The SMILES string of the molecule is C=CCNCCC=O.CCC(=O)O.CCC(=O)O. The van der Waals surface area contributed by atoms with Gasteiger partial charge in [0.2, 0.25) is 0 Å². The molecule has 3 N–H and O–H groups in total. The number of carboxylic acid groups (broad SMARTS) is 2. The second-order valence-corrected chi connectivity index (χ2v) is 2.94. The Balaban J connectivity index is -0.000000197. The van der Waals surface area contributed by atoms with Crippen molar-refractivity contribution >= 4 is 18.2 Å². The number of hydrogen-bond acceptors (Lipinski definition) is 4. The maximum atomic E-state index is 9.70. The molecule has 0 rings (SSSR count). The summed E-state index contributed by atoms with van der Waals surface area (Å²) in [5, 5.41) is 18.4. The highest BCUT2D eigenvalue weighted by molar-refractivity contribution is 5.66. The molecule has 0 spiro atoms. The molecule has 0 heterocycles. The van der Waals surface area contributed by atoms with E-state index < -0.39 is 11.9 Å². The van der Waals surface area contributed by atoms with Crippen LogP contribution >= 0.6 is 0 Å². The van der Waals surface area contributed by atoms with Crippen LogP contribution in [0.4, 0.5) is 0 Å². The number of carboxylic acids is 2. The molecule has 106 valence electrons. The normalized spacial score (nSPS) is 7.89. The lowest BCUT2D eigenvalue weighted by Crippen LogP contribution is -2.14. The molecule has 6 heteroatoms. The van der Waals surface area contributed by atoms with Gasteiger partial charge in [-0.3, -0.25) is 9.59 Å². The fraction of sp³-hybridized carbons (Fsp3) is 0.583. The highest BCUT2D eigenvalue weighted by atomic mass is 16.4. The van der Waals surface area contributed by atoms with Gasteiger partial charge in [-0.15, -0.1) is 6.58 Å². The van der Waals surface area contributed by atoms with E-state index in [4.69, 9.17) is 10.2 Å². The topological polar surface area (TPSA) is 104 Å². The van der Waals surface area contributed by atoms with E-state index in [0.29, 0.717) is 6.42 Å². The highest BCUT2D eigenvalue weighted by Crippen LogP contribution is 1.67. The van der Waals surface area contributed by atoms with Crippen LogP contribution in [0.1, 0.15) is 33.1 Å². The first-order valence-electron chi connectivity index (χ1n) is 5.64. The van der Waals surface area contributed by atoms with Gasteiger partial charge in [0.05, 0.1) is 0 Å². The second-order valence-electron chi connectivity index (χ2n) is 2.94. The number of carbonyl (C=O) groups is 3. The predicted molar refractivity (Wildman–Crippen MR) is 69.6 cm³/mol. The summed E-state index contributed by atoms with van der Waals surface area (Å²) in [6, 6.07) is 0. The van der Waals surface area contributed by atoms with Gasteiger partial charge in [-0.25, -0.2) is 0 Å². The van der Waals surface area contributed by atoms with Crippen molar-refractivity contribution in [3.05, 3.63) is 12.7 Å². The first-order valence-corrected chi connectivity index (χ1v) is 5.64. The third-order valence-corrected chi connectivity index (χ3v) is 1.33. The van der Waals surface area contributed by atoms with Crippen LogP contribution in [-0.2, 0) is 14.4 Å². The van der Waals surface area contributed by atoms with Gasteiger partial charge in [-0.1, -0.05) is 19.9 Å². The quantitative estimate of drug-likeness (QED) is 0.362. The first-order chi connectivity index (χ1) is 8.45. The molecular weight excluding hydrogens is 238 g/mol. The minimum Gasteiger partial charge on any atom is -0.481 e. The lowest BCUT2D eigenvalue weighted by Gasteiger charge is -1.92. The highest BCUT2D eigenvalue weighted by Gasteiger charge is 1.81. The van der Waals surface area contributed by atoms with Crippen LogP contribution in [0, 0.1) is 0 Å². The summed E-state index contributed by atoms with van der Waals surface area (Å²) in [6.45, 7) is 8.25. The molecule has 0 aliphatic heterocycles. The van der Waals surface area contributed by atoms with E-state index in [1.165, 1.54) is 0 Å². The van der Waals surface area contributed by atoms with Gasteiger partial charge >= 0.3 is 11.9 Å². The first kappa shape index (κ1) is 21.6. The molecule has 0 saturated carbocycles. The summed E-state index contributed by atoms with van der Waals surface area (Å²) in [5.41, 5.74) is 0. The molecule has 0 aliphatic carbocycles. The van der Waals surface area contributed by atoms with Crippen molar-refractivity contribution in [3.8, 4) is 0 Å². The molecule has 0 aromatic heterocycles. The van der Waals surface area contributed by atoms with Crippen molar-refractivity contribution in [2.75, 3.05) is 13.1 Å². The van der Waals surface area contributed by atoms with E-state index >= 15 is 0 Å². The van der Waals surface area contributed by atoms with Gasteiger partial charge in [0.1, 0.15) is 6.29 Å². The van der Waals surface area contributed by atoms with Gasteiger partial charge in [0, 0.05) is 32.4 Å². The van der Waals surface area contributed by atoms with E-state index in [-0.39, 0.29) is 12.8 Å². The summed E-state index contributed by atoms with van der Waals surface area (Å²) in [5.74, 6) is -1.49. The van der Waals surface area contributed by atoms with Gasteiger partial charge in [-0.05, 0) is 0 Å². The summed E-state index contributed by atoms with van der Waals surface area (Å²) in [4.78, 5) is 28.4. The van der Waals surface area contributed by atoms with E-state index in [1.54, 1.807) is 19.9 Å². The molecule has 0 aromatic rings. The molecule has 0 unspecified atom stereocenters. The van der Waals surface area contributed by atoms with Crippen LogP contribution in [0.5, 0.6) is 0 Å². The summed E-state index contributed by atoms with van der Waals surface area (Å²) >= 11 is 0. The zero-order valence-electron chi connectivity index (χ0n) is 11.0. The van der Waals surface area contributed by atoms with Gasteiger partial charge < -0.3 is 20.3 Å². The van der Waals surface area contributed by atoms with Crippen LogP contribution < -0.4 is 5.32 Å². The number of nitrogens with one attached hydrogen (secondary N) is 1. The smallest absolute Gasteiger partial charge is 0.303 e. The summed E-state index contributed by atoms with van der Waals surface area (Å²) in [7, 11) is 0.